The topological polar surface area (TPSA) is 72.3 Å². The summed E-state index contributed by atoms with van der Waals surface area (Å²) in [6, 6.07) is 13.1. The molecular formula is C23H28N3O4+. The summed E-state index contributed by atoms with van der Waals surface area (Å²) in [4.78, 5) is 28.5. The van der Waals surface area contributed by atoms with E-state index in [1.54, 1.807) is 19.1 Å². The van der Waals surface area contributed by atoms with Crippen molar-refractivity contribution in [1.82, 2.24) is 0 Å². The first-order chi connectivity index (χ1) is 14.5. The van der Waals surface area contributed by atoms with Gasteiger partial charge in [0.25, 0.3) is 5.91 Å². The average molecular weight is 410 g/mol. The summed E-state index contributed by atoms with van der Waals surface area (Å²) in [6.45, 7) is 2.89. The highest BCUT2D eigenvalue weighted by atomic mass is 16.5. The van der Waals surface area contributed by atoms with E-state index in [0.29, 0.717) is 5.69 Å². The summed E-state index contributed by atoms with van der Waals surface area (Å²) in [5.41, 5.74) is 2.49. The highest BCUT2D eigenvalue weighted by molar-refractivity contribution is 6.10. The predicted molar refractivity (Wildman–Crippen MR) is 114 cm³/mol. The highest BCUT2D eigenvalue weighted by Crippen LogP contribution is 2.33. The number of hydrogen-bond acceptors (Lipinski definition) is 4. The number of ether oxygens (including phenoxy) is 2. The fourth-order valence-electron chi connectivity index (χ4n) is 4.68. The molecule has 0 saturated carbocycles. The van der Waals surface area contributed by atoms with Gasteiger partial charge in [-0.2, -0.15) is 0 Å². The van der Waals surface area contributed by atoms with Crippen molar-refractivity contribution in [2.24, 2.45) is 0 Å². The van der Waals surface area contributed by atoms with Crippen molar-refractivity contribution in [2.45, 2.75) is 31.8 Å². The van der Waals surface area contributed by atoms with Crippen LogP contribution in [-0.4, -0.2) is 45.2 Å². The molecule has 2 aliphatic rings. The third-order valence-electron chi connectivity index (χ3n) is 6.18. The Bertz CT molecular complexity index is 961. The molecule has 2 aromatic carbocycles. The second-order valence-electron chi connectivity index (χ2n) is 7.84. The Kier molecular flexibility index (Phi) is 5.63. The highest BCUT2D eigenvalue weighted by Gasteiger charge is 2.41. The van der Waals surface area contributed by atoms with Gasteiger partial charge in [-0.3, -0.25) is 14.5 Å². The van der Waals surface area contributed by atoms with Gasteiger partial charge >= 0.3 is 0 Å². The van der Waals surface area contributed by atoms with Crippen LogP contribution in [0.4, 0.5) is 11.4 Å². The predicted octanol–water partition coefficient (Wildman–Crippen LogP) is 1.80. The first kappa shape index (κ1) is 20.2. The molecule has 2 amide bonds. The van der Waals surface area contributed by atoms with Crippen LogP contribution in [0.25, 0.3) is 0 Å². The standard InChI is InChI=1S/C23H27N3O4/c1-15(23(28)26-14-22(27)24-18-7-4-5-8-20(18)26)25-12-6-9-19(25)17-13-16(29-2)10-11-21(17)30-3/h4-5,7-8,10-11,13,15,19H,6,9,12,14H2,1-3H3,(H,24,27)/p+1/t15-,19+/m0/s1. The summed E-state index contributed by atoms with van der Waals surface area (Å²) in [5, 5.41) is 2.85. The van der Waals surface area contributed by atoms with Crippen molar-refractivity contribution in [3.05, 3.63) is 48.0 Å². The Labute approximate surface area is 176 Å². The molecule has 1 unspecified atom stereocenters. The minimum absolute atomic E-state index is 0.0407. The quantitative estimate of drug-likeness (QED) is 0.789. The van der Waals surface area contributed by atoms with Crippen LogP contribution in [0.15, 0.2) is 42.5 Å². The van der Waals surface area contributed by atoms with Gasteiger partial charge in [-0.25, -0.2) is 0 Å². The van der Waals surface area contributed by atoms with Gasteiger partial charge < -0.3 is 19.7 Å². The molecule has 0 spiro atoms. The van der Waals surface area contributed by atoms with E-state index in [2.05, 4.69) is 5.32 Å². The van der Waals surface area contributed by atoms with E-state index in [-0.39, 0.29) is 30.4 Å². The van der Waals surface area contributed by atoms with Crippen molar-refractivity contribution in [3.8, 4) is 11.5 Å². The van der Waals surface area contributed by atoms with E-state index >= 15 is 0 Å². The number of benzene rings is 2. The van der Waals surface area contributed by atoms with E-state index in [4.69, 9.17) is 9.47 Å². The number of hydrogen-bond donors (Lipinski definition) is 2. The lowest BCUT2D eigenvalue weighted by Gasteiger charge is -2.34. The zero-order chi connectivity index (χ0) is 21.3. The molecule has 7 heteroatoms. The number of amides is 2. The minimum Gasteiger partial charge on any atom is -0.497 e. The van der Waals surface area contributed by atoms with Crippen LogP contribution in [-0.2, 0) is 9.59 Å². The number of fused-ring (bicyclic) bond motifs is 1. The smallest absolute Gasteiger partial charge is 0.285 e. The number of para-hydroxylation sites is 2. The summed E-state index contributed by atoms with van der Waals surface area (Å²) >= 11 is 0. The Morgan fingerprint density at radius 1 is 1.20 bits per heavy atom. The van der Waals surface area contributed by atoms with Gasteiger partial charge in [0.2, 0.25) is 5.91 Å². The van der Waals surface area contributed by atoms with Gasteiger partial charge in [0.15, 0.2) is 6.04 Å². The Balaban J connectivity index is 1.63. The molecule has 1 saturated heterocycles. The Morgan fingerprint density at radius 2 is 2.00 bits per heavy atom. The van der Waals surface area contributed by atoms with Crippen molar-refractivity contribution in [2.75, 3.05) is 37.5 Å². The molecule has 0 bridgehead atoms. The Morgan fingerprint density at radius 3 is 2.77 bits per heavy atom. The molecule has 2 N–H and O–H groups in total. The van der Waals surface area contributed by atoms with Crippen LogP contribution < -0.4 is 24.6 Å². The minimum atomic E-state index is -0.299. The number of rotatable bonds is 5. The molecule has 2 heterocycles. The number of likely N-dealkylation sites (tertiary alicyclic amines) is 1. The maximum atomic E-state index is 13.5. The largest absolute Gasteiger partial charge is 0.497 e. The molecule has 158 valence electrons. The number of nitrogens with zero attached hydrogens (tertiary/aromatic N) is 1. The second kappa shape index (κ2) is 8.36. The molecule has 2 aliphatic heterocycles. The van der Waals surface area contributed by atoms with Crippen molar-refractivity contribution >= 4 is 23.2 Å². The average Bonchev–Trinajstić information content (AvgIpc) is 3.26. The molecule has 1 fully saturated rings. The third kappa shape index (κ3) is 3.61. The molecule has 0 aromatic heterocycles. The lowest BCUT2D eigenvalue weighted by Crippen LogP contribution is -3.15. The molecule has 0 radical (unpaired) electrons. The number of methoxy groups -OCH3 is 2. The number of anilines is 2. The fourth-order valence-corrected chi connectivity index (χ4v) is 4.68. The molecule has 30 heavy (non-hydrogen) atoms. The van der Waals surface area contributed by atoms with Crippen LogP contribution in [0.3, 0.4) is 0 Å². The SMILES string of the molecule is COc1ccc(OC)c([C@H]2CCC[NH+]2[C@@H](C)C(=O)N2CC(=O)Nc3ccccc32)c1. The van der Waals surface area contributed by atoms with E-state index in [1.807, 2.05) is 49.4 Å². The van der Waals surface area contributed by atoms with Gasteiger partial charge in [-0.05, 0) is 37.3 Å². The van der Waals surface area contributed by atoms with Crippen molar-refractivity contribution < 1.29 is 24.0 Å². The number of carbonyl (C=O) groups excluding carboxylic acids is 2. The first-order valence-electron chi connectivity index (χ1n) is 10.3. The molecule has 0 aliphatic carbocycles. The van der Waals surface area contributed by atoms with Crippen LogP contribution in [0, 0.1) is 0 Å². The first-order valence-corrected chi connectivity index (χ1v) is 10.3. The monoisotopic (exact) mass is 410 g/mol. The van der Waals surface area contributed by atoms with Crippen molar-refractivity contribution in [1.29, 1.82) is 0 Å². The summed E-state index contributed by atoms with van der Waals surface area (Å²) in [7, 11) is 3.31. The van der Waals surface area contributed by atoms with E-state index in [0.717, 1.165) is 42.1 Å². The van der Waals surface area contributed by atoms with E-state index in [9.17, 15) is 9.59 Å². The van der Waals surface area contributed by atoms with E-state index < -0.39 is 0 Å². The molecule has 3 atom stereocenters. The second-order valence-corrected chi connectivity index (χ2v) is 7.84. The van der Waals surface area contributed by atoms with Crippen LogP contribution >= 0.6 is 0 Å². The van der Waals surface area contributed by atoms with E-state index in [1.165, 1.54) is 4.90 Å². The molecule has 7 nitrogen and oxygen atoms in total. The summed E-state index contributed by atoms with van der Waals surface area (Å²) < 4.78 is 11.0. The summed E-state index contributed by atoms with van der Waals surface area (Å²) in [5.74, 6) is 1.37. The van der Waals surface area contributed by atoms with Crippen LogP contribution in [0.2, 0.25) is 0 Å². The number of carbonyl (C=O) groups is 2. The van der Waals surface area contributed by atoms with Gasteiger partial charge in [-0.1, -0.05) is 12.1 Å². The maximum absolute atomic E-state index is 13.5. The van der Waals surface area contributed by atoms with Gasteiger partial charge in [0.05, 0.1) is 37.7 Å². The Hall–Kier alpha value is -3.06. The fraction of sp³-hybridized carbons (Fsp3) is 0.391. The zero-order valence-corrected chi connectivity index (χ0v) is 17.6. The van der Waals surface area contributed by atoms with Gasteiger partial charge in [-0.15, -0.1) is 0 Å². The zero-order valence-electron chi connectivity index (χ0n) is 17.6. The lowest BCUT2D eigenvalue weighted by molar-refractivity contribution is -0.932. The maximum Gasteiger partial charge on any atom is 0.285 e. The lowest BCUT2D eigenvalue weighted by atomic mass is 10.0. The molecular weight excluding hydrogens is 382 g/mol. The van der Waals surface area contributed by atoms with Crippen LogP contribution in [0.1, 0.15) is 31.4 Å². The summed E-state index contributed by atoms with van der Waals surface area (Å²) in [6.07, 6.45) is 1.99. The van der Waals surface area contributed by atoms with Gasteiger partial charge in [0.1, 0.15) is 24.1 Å². The molecule has 4 rings (SSSR count). The van der Waals surface area contributed by atoms with Crippen molar-refractivity contribution in [3.63, 3.8) is 0 Å². The molecule has 2 aromatic rings. The van der Waals surface area contributed by atoms with Gasteiger partial charge in [0, 0.05) is 12.8 Å². The number of nitrogens with one attached hydrogen (secondary N) is 2. The number of quaternary nitrogens is 1. The van der Waals surface area contributed by atoms with Crippen LogP contribution in [0.5, 0.6) is 11.5 Å². The normalized spacial score (nSPS) is 21.6. The third-order valence-corrected chi connectivity index (χ3v) is 6.18.